The monoisotopic (exact) mass is 478 g/mol. The summed E-state index contributed by atoms with van der Waals surface area (Å²) in [6, 6.07) is 20.8. The maximum absolute atomic E-state index is 13.3. The van der Waals surface area contributed by atoms with E-state index in [-0.39, 0.29) is 11.3 Å². The number of halogens is 1. The Morgan fingerprint density at radius 1 is 0.970 bits per heavy atom. The average molecular weight is 479 g/mol. The molecule has 0 bridgehead atoms. The van der Waals surface area contributed by atoms with Crippen LogP contribution in [0.2, 0.25) is 5.02 Å². The predicted molar refractivity (Wildman–Crippen MR) is 130 cm³/mol. The molecule has 3 aromatic carbocycles. The number of carbonyl (C=O) groups is 2. The Morgan fingerprint density at radius 2 is 1.70 bits per heavy atom. The molecule has 7 nitrogen and oxygen atoms in total. The number of thioether (sulfide) groups is 1. The first-order valence-electron chi connectivity index (χ1n) is 10.00. The topological polar surface area (TPSA) is 93.1 Å². The molecule has 0 unspecified atom stereocenters. The molecule has 0 aliphatic rings. The molecule has 1 heterocycles. The number of rotatable bonds is 5. The number of para-hydroxylation sites is 1. The number of carbonyl (C=O) groups excluding carboxylic acids is 2. The van der Waals surface area contributed by atoms with Gasteiger partial charge in [-0.2, -0.15) is 0 Å². The van der Waals surface area contributed by atoms with Gasteiger partial charge in [0.2, 0.25) is 5.91 Å². The predicted octanol–water partition coefficient (Wildman–Crippen LogP) is 3.90. The van der Waals surface area contributed by atoms with Crippen LogP contribution in [-0.4, -0.2) is 27.1 Å². The summed E-state index contributed by atoms with van der Waals surface area (Å²) in [6.07, 6.45) is 0. The summed E-state index contributed by atoms with van der Waals surface area (Å²) in [5, 5.41) is 1.32. The Hall–Kier alpha value is -3.62. The number of fused-ring (bicyclic) bond motifs is 1. The van der Waals surface area contributed by atoms with Crippen molar-refractivity contribution in [2.45, 2.75) is 12.1 Å². The first-order valence-corrected chi connectivity index (χ1v) is 11.4. The van der Waals surface area contributed by atoms with Crippen molar-refractivity contribution in [3.8, 4) is 5.69 Å². The van der Waals surface area contributed by atoms with Crippen LogP contribution in [0.25, 0.3) is 16.6 Å². The zero-order valence-corrected chi connectivity index (χ0v) is 19.1. The third-order valence-corrected chi connectivity index (χ3v) is 6.26. The summed E-state index contributed by atoms with van der Waals surface area (Å²) >= 11 is 7.38. The van der Waals surface area contributed by atoms with E-state index in [9.17, 15) is 14.4 Å². The van der Waals surface area contributed by atoms with Crippen molar-refractivity contribution in [1.29, 1.82) is 0 Å². The van der Waals surface area contributed by atoms with E-state index in [1.165, 1.54) is 4.57 Å². The van der Waals surface area contributed by atoms with Gasteiger partial charge in [0.15, 0.2) is 5.16 Å². The van der Waals surface area contributed by atoms with E-state index in [0.29, 0.717) is 32.3 Å². The quantitative estimate of drug-likeness (QED) is 0.258. The lowest BCUT2D eigenvalue weighted by Crippen LogP contribution is -2.42. The van der Waals surface area contributed by atoms with Gasteiger partial charge in [-0.15, -0.1) is 0 Å². The van der Waals surface area contributed by atoms with E-state index in [1.807, 2.05) is 6.92 Å². The molecular weight excluding hydrogens is 460 g/mol. The van der Waals surface area contributed by atoms with Crippen molar-refractivity contribution in [2.24, 2.45) is 0 Å². The van der Waals surface area contributed by atoms with E-state index in [4.69, 9.17) is 11.6 Å². The van der Waals surface area contributed by atoms with Gasteiger partial charge >= 0.3 is 0 Å². The summed E-state index contributed by atoms with van der Waals surface area (Å²) < 4.78 is 1.46. The first kappa shape index (κ1) is 22.6. The van der Waals surface area contributed by atoms with Crippen LogP contribution in [0.1, 0.15) is 15.9 Å². The second kappa shape index (κ2) is 9.89. The van der Waals surface area contributed by atoms with Crippen LogP contribution >= 0.6 is 23.4 Å². The smallest absolute Gasteiger partial charge is 0.269 e. The van der Waals surface area contributed by atoms with Crippen LogP contribution in [-0.2, 0) is 4.79 Å². The number of nitrogens with zero attached hydrogens (tertiary/aromatic N) is 2. The molecule has 4 aromatic rings. The fourth-order valence-electron chi connectivity index (χ4n) is 3.21. The minimum absolute atomic E-state index is 0.0700. The molecule has 0 saturated heterocycles. The zero-order valence-electron chi connectivity index (χ0n) is 17.5. The molecule has 0 fully saturated rings. The summed E-state index contributed by atoms with van der Waals surface area (Å²) in [5.41, 5.74) is 6.77. The molecule has 1 aromatic heterocycles. The van der Waals surface area contributed by atoms with Gasteiger partial charge in [-0.05, 0) is 48.9 Å². The van der Waals surface area contributed by atoms with E-state index in [2.05, 4.69) is 15.8 Å². The van der Waals surface area contributed by atoms with Gasteiger partial charge in [0.25, 0.3) is 11.5 Å². The zero-order chi connectivity index (χ0) is 23.4. The van der Waals surface area contributed by atoms with Crippen LogP contribution in [0.5, 0.6) is 0 Å². The maximum Gasteiger partial charge on any atom is 0.269 e. The largest absolute Gasteiger partial charge is 0.272 e. The van der Waals surface area contributed by atoms with E-state index >= 15 is 0 Å². The SMILES string of the molecule is Cc1c(Cl)cccc1-n1c(SCC(=O)NNC(=O)c2ccccc2)nc2ccccc2c1=O. The Bertz CT molecular complexity index is 1410. The maximum atomic E-state index is 13.3. The third kappa shape index (κ3) is 4.92. The molecule has 0 aliphatic carbocycles. The van der Waals surface area contributed by atoms with Crippen LogP contribution in [0.15, 0.2) is 82.7 Å². The molecular formula is C24H19ClN4O3S. The Labute approximate surface area is 198 Å². The molecule has 0 aliphatic heterocycles. The standard InChI is InChI=1S/C24H19ClN4O3S/c1-15-18(25)11-7-13-20(15)29-23(32)17-10-5-6-12-19(17)26-24(29)33-14-21(30)27-28-22(31)16-8-3-2-4-9-16/h2-13H,14H2,1H3,(H,27,30)(H,28,31). The van der Waals surface area contributed by atoms with Gasteiger partial charge in [0.1, 0.15) is 0 Å². The number of hydrazine groups is 1. The average Bonchev–Trinajstić information content (AvgIpc) is 2.84. The second-order valence-corrected chi connectivity index (χ2v) is 8.44. The fourth-order valence-corrected chi connectivity index (χ4v) is 4.19. The van der Waals surface area contributed by atoms with Gasteiger partial charge < -0.3 is 0 Å². The number of hydrogen-bond donors (Lipinski definition) is 2. The Kier molecular flexibility index (Phi) is 6.76. The minimum Gasteiger partial charge on any atom is -0.272 e. The molecule has 2 amide bonds. The van der Waals surface area contributed by atoms with Crippen molar-refractivity contribution < 1.29 is 9.59 Å². The van der Waals surface area contributed by atoms with Gasteiger partial charge in [-0.1, -0.05) is 59.8 Å². The Balaban J connectivity index is 1.59. The fraction of sp³-hybridized carbons (Fsp3) is 0.0833. The van der Waals surface area contributed by atoms with Crippen LogP contribution in [0, 0.1) is 6.92 Å². The summed E-state index contributed by atoms with van der Waals surface area (Å²) in [5.74, 6) is -0.940. The van der Waals surface area contributed by atoms with Crippen LogP contribution < -0.4 is 16.4 Å². The highest BCUT2D eigenvalue weighted by Gasteiger charge is 2.17. The summed E-state index contributed by atoms with van der Waals surface area (Å²) in [6.45, 7) is 1.82. The third-order valence-electron chi connectivity index (χ3n) is 4.91. The molecule has 4 rings (SSSR count). The second-order valence-electron chi connectivity index (χ2n) is 7.09. The van der Waals surface area contributed by atoms with Crippen molar-refractivity contribution in [2.75, 3.05) is 5.75 Å². The van der Waals surface area contributed by atoms with Crippen LogP contribution in [0.3, 0.4) is 0 Å². The number of benzene rings is 3. The lowest BCUT2D eigenvalue weighted by molar-refractivity contribution is -0.119. The van der Waals surface area contributed by atoms with E-state index < -0.39 is 11.8 Å². The molecule has 9 heteroatoms. The van der Waals surface area contributed by atoms with E-state index in [0.717, 1.165) is 17.3 Å². The number of nitrogens with one attached hydrogen (secondary N) is 2. The molecule has 0 saturated carbocycles. The summed E-state index contributed by atoms with van der Waals surface area (Å²) in [7, 11) is 0. The number of aromatic nitrogens is 2. The molecule has 0 atom stereocenters. The molecule has 166 valence electrons. The minimum atomic E-state index is -0.443. The van der Waals surface area contributed by atoms with Gasteiger partial charge in [-0.3, -0.25) is 29.8 Å². The van der Waals surface area contributed by atoms with Crippen molar-refractivity contribution in [3.05, 3.63) is 99.3 Å². The first-order chi connectivity index (χ1) is 16.0. The van der Waals surface area contributed by atoms with Crippen molar-refractivity contribution in [1.82, 2.24) is 20.4 Å². The molecule has 2 N–H and O–H groups in total. The van der Waals surface area contributed by atoms with Crippen molar-refractivity contribution >= 4 is 46.1 Å². The highest BCUT2D eigenvalue weighted by atomic mass is 35.5. The van der Waals surface area contributed by atoms with E-state index in [1.54, 1.807) is 72.8 Å². The highest BCUT2D eigenvalue weighted by molar-refractivity contribution is 7.99. The van der Waals surface area contributed by atoms with Crippen molar-refractivity contribution in [3.63, 3.8) is 0 Å². The molecule has 0 radical (unpaired) electrons. The van der Waals surface area contributed by atoms with Gasteiger partial charge in [-0.25, -0.2) is 4.98 Å². The van der Waals surface area contributed by atoms with Gasteiger partial charge in [0, 0.05) is 10.6 Å². The summed E-state index contributed by atoms with van der Waals surface area (Å²) in [4.78, 5) is 42.5. The normalized spacial score (nSPS) is 10.7. The van der Waals surface area contributed by atoms with Crippen LogP contribution in [0.4, 0.5) is 0 Å². The highest BCUT2D eigenvalue weighted by Crippen LogP contribution is 2.26. The lowest BCUT2D eigenvalue weighted by Gasteiger charge is -2.16. The number of hydrogen-bond acceptors (Lipinski definition) is 5. The Morgan fingerprint density at radius 3 is 2.48 bits per heavy atom. The number of amides is 2. The molecule has 0 spiro atoms. The molecule has 33 heavy (non-hydrogen) atoms. The van der Waals surface area contributed by atoms with Gasteiger partial charge in [0.05, 0.1) is 22.3 Å². The lowest BCUT2D eigenvalue weighted by atomic mass is 10.2.